The van der Waals surface area contributed by atoms with Crippen LogP contribution in [0.25, 0.3) is 22.5 Å². The maximum Gasteiger partial charge on any atom is 0.348 e. The van der Waals surface area contributed by atoms with Crippen molar-refractivity contribution in [3.05, 3.63) is 56.6 Å². The van der Waals surface area contributed by atoms with Crippen molar-refractivity contribution in [1.82, 2.24) is 14.8 Å². The number of thioether (sulfide) groups is 1. The summed E-state index contributed by atoms with van der Waals surface area (Å²) in [4.78, 5) is 38.8. The van der Waals surface area contributed by atoms with Crippen molar-refractivity contribution in [2.45, 2.75) is 32.5 Å². The van der Waals surface area contributed by atoms with Crippen LogP contribution >= 0.6 is 34.4 Å². The number of aryl methyl sites for hydroxylation is 1. The monoisotopic (exact) mass is 570 g/mol. The van der Waals surface area contributed by atoms with E-state index in [-0.39, 0.29) is 27.1 Å². The van der Waals surface area contributed by atoms with Crippen LogP contribution in [-0.4, -0.2) is 52.6 Å². The molecule has 12 heteroatoms. The molecule has 38 heavy (non-hydrogen) atoms. The summed E-state index contributed by atoms with van der Waals surface area (Å²) in [5.41, 5.74) is 3.76. The number of nitrogens with one attached hydrogen (secondary N) is 1. The molecule has 1 amide bonds. The van der Waals surface area contributed by atoms with E-state index < -0.39 is 11.9 Å². The lowest BCUT2D eigenvalue weighted by atomic mass is 10.0. The SMILES string of the molecule is CCn1c(SCC(=O)Nc2sc(C(=O)OC)c(C)c2C(=O)OC)nnc1-c1csc(C)c1-c1ccccc1. The number of hydrogen-bond donors (Lipinski definition) is 1. The molecule has 4 aromatic rings. The number of rotatable bonds is 9. The quantitative estimate of drug-likeness (QED) is 0.202. The summed E-state index contributed by atoms with van der Waals surface area (Å²) >= 11 is 3.88. The van der Waals surface area contributed by atoms with Gasteiger partial charge in [0.25, 0.3) is 0 Å². The van der Waals surface area contributed by atoms with Gasteiger partial charge < -0.3 is 19.4 Å². The lowest BCUT2D eigenvalue weighted by Crippen LogP contribution is -2.16. The first-order valence-electron chi connectivity index (χ1n) is 11.6. The van der Waals surface area contributed by atoms with Crippen LogP contribution in [0.3, 0.4) is 0 Å². The second-order valence-electron chi connectivity index (χ2n) is 8.08. The molecule has 0 unspecified atom stereocenters. The maximum absolute atomic E-state index is 12.9. The average Bonchev–Trinajstić information content (AvgIpc) is 3.61. The van der Waals surface area contributed by atoms with E-state index in [4.69, 9.17) is 9.47 Å². The molecule has 0 spiro atoms. The van der Waals surface area contributed by atoms with E-state index in [2.05, 4.69) is 40.0 Å². The second-order valence-corrected chi connectivity index (χ2v) is 11.1. The molecular formula is C26H26N4O5S3. The molecule has 198 valence electrons. The predicted molar refractivity (Wildman–Crippen MR) is 150 cm³/mol. The molecule has 9 nitrogen and oxygen atoms in total. The summed E-state index contributed by atoms with van der Waals surface area (Å²) in [6.07, 6.45) is 0. The Morgan fingerprint density at radius 1 is 1.05 bits per heavy atom. The topological polar surface area (TPSA) is 112 Å². The zero-order valence-electron chi connectivity index (χ0n) is 21.5. The number of methoxy groups -OCH3 is 2. The lowest BCUT2D eigenvalue weighted by molar-refractivity contribution is -0.113. The Hall–Kier alpha value is -3.48. The Morgan fingerprint density at radius 2 is 1.76 bits per heavy atom. The first-order valence-corrected chi connectivity index (χ1v) is 14.3. The van der Waals surface area contributed by atoms with Crippen LogP contribution in [0, 0.1) is 13.8 Å². The minimum absolute atomic E-state index is 0.0253. The fourth-order valence-corrected chi connectivity index (χ4v) is 6.79. The van der Waals surface area contributed by atoms with Gasteiger partial charge in [-0.05, 0) is 31.9 Å². The van der Waals surface area contributed by atoms with Gasteiger partial charge in [0.1, 0.15) is 9.88 Å². The molecule has 0 aliphatic carbocycles. The van der Waals surface area contributed by atoms with Crippen molar-refractivity contribution in [1.29, 1.82) is 0 Å². The van der Waals surface area contributed by atoms with Crippen molar-refractivity contribution in [2.24, 2.45) is 0 Å². The molecule has 0 saturated heterocycles. The van der Waals surface area contributed by atoms with Crippen molar-refractivity contribution in [3.63, 3.8) is 0 Å². The van der Waals surface area contributed by atoms with Crippen LogP contribution in [-0.2, 0) is 20.8 Å². The highest BCUT2D eigenvalue weighted by atomic mass is 32.2. The van der Waals surface area contributed by atoms with E-state index >= 15 is 0 Å². The molecule has 0 saturated carbocycles. The standard InChI is InChI=1S/C26H26N4O5S3/c1-6-30-22(17-12-36-15(3)20(17)16-10-8-7-9-11-16)28-29-26(30)37-13-18(31)27-23-19(24(32)34-4)14(2)21(38-23)25(33)35-5/h7-12H,6,13H2,1-5H3,(H,27,31). The summed E-state index contributed by atoms with van der Waals surface area (Å²) < 4.78 is 11.6. The van der Waals surface area contributed by atoms with Gasteiger partial charge in [-0.2, -0.15) is 0 Å². The molecule has 0 radical (unpaired) electrons. The fourth-order valence-electron chi connectivity index (χ4n) is 3.99. The van der Waals surface area contributed by atoms with Crippen LogP contribution in [0.15, 0.2) is 40.9 Å². The van der Waals surface area contributed by atoms with Gasteiger partial charge in [-0.1, -0.05) is 42.1 Å². The number of esters is 2. The van der Waals surface area contributed by atoms with Crippen molar-refractivity contribution < 1.29 is 23.9 Å². The van der Waals surface area contributed by atoms with Gasteiger partial charge in [0.2, 0.25) is 5.91 Å². The van der Waals surface area contributed by atoms with Gasteiger partial charge in [-0.15, -0.1) is 32.9 Å². The largest absolute Gasteiger partial charge is 0.465 e. The molecule has 1 aromatic carbocycles. The highest BCUT2D eigenvalue weighted by Gasteiger charge is 2.27. The van der Waals surface area contributed by atoms with E-state index in [1.165, 1.54) is 30.9 Å². The predicted octanol–water partition coefficient (Wildman–Crippen LogP) is 5.68. The third-order valence-corrected chi connectivity index (χ3v) is 8.87. The lowest BCUT2D eigenvalue weighted by Gasteiger charge is -2.09. The third kappa shape index (κ3) is 5.38. The number of hydrogen-bond acceptors (Lipinski definition) is 10. The zero-order valence-corrected chi connectivity index (χ0v) is 23.9. The Balaban J connectivity index is 1.55. The third-order valence-electron chi connectivity index (χ3n) is 5.80. The van der Waals surface area contributed by atoms with E-state index in [0.29, 0.717) is 17.3 Å². The Bertz CT molecular complexity index is 1490. The molecule has 3 aromatic heterocycles. The molecule has 0 bridgehead atoms. The summed E-state index contributed by atoms with van der Waals surface area (Å²) in [5.74, 6) is -0.830. The second kappa shape index (κ2) is 11.9. The van der Waals surface area contributed by atoms with Crippen molar-refractivity contribution in [2.75, 3.05) is 25.3 Å². The van der Waals surface area contributed by atoms with Crippen LogP contribution in [0.4, 0.5) is 5.00 Å². The number of ether oxygens (including phenoxy) is 2. The van der Waals surface area contributed by atoms with Crippen LogP contribution in [0.1, 0.15) is 37.4 Å². The van der Waals surface area contributed by atoms with Gasteiger partial charge in [-0.25, -0.2) is 9.59 Å². The number of carbonyl (C=O) groups is 3. The number of aromatic nitrogens is 3. The Kier molecular flexibility index (Phi) is 8.65. The highest BCUT2D eigenvalue weighted by Crippen LogP contribution is 2.39. The van der Waals surface area contributed by atoms with E-state index in [9.17, 15) is 14.4 Å². The molecule has 0 aliphatic rings. The summed E-state index contributed by atoms with van der Waals surface area (Å²) in [5, 5.41) is 14.5. The number of thiophene rings is 2. The van der Waals surface area contributed by atoms with E-state index in [1.807, 2.05) is 29.7 Å². The normalized spacial score (nSPS) is 10.9. The number of amides is 1. The van der Waals surface area contributed by atoms with Crippen molar-refractivity contribution >= 4 is 57.3 Å². The minimum atomic E-state index is -0.646. The number of nitrogens with zero attached hydrogens (tertiary/aromatic N) is 3. The van der Waals surface area contributed by atoms with E-state index in [0.717, 1.165) is 33.9 Å². The average molecular weight is 571 g/mol. The van der Waals surface area contributed by atoms with Gasteiger partial charge in [-0.3, -0.25) is 4.79 Å². The Labute approximate surface area is 232 Å². The smallest absolute Gasteiger partial charge is 0.348 e. The minimum Gasteiger partial charge on any atom is -0.465 e. The Morgan fingerprint density at radius 3 is 2.42 bits per heavy atom. The van der Waals surface area contributed by atoms with Gasteiger partial charge >= 0.3 is 11.9 Å². The molecule has 1 N–H and O–H groups in total. The highest BCUT2D eigenvalue weighted by molar-refractivity contribution is 7.99. The molecule has 0 fully saturated rings. The first kappa shape index (κ1) is 27.6. The number of anilines is 1. The number of carbonyl (C=O) groups excluding carboxylic acids is 3. The van der Waals surface area contributed by atoms with Gasteiger partial charge in [0.15, 0.2) is 11.0 Å². The maximum atomic E-state index is 12.9. The van der Waals surface area contributed by atoms with E-state index in [1.54, 1.807) is 18.3 Å². The molecule has 4 rings (SSSR count). The molecule has 0 atom stereocenters. The molecule has 0 aliphatic heterocycles. The molecular weight excluding hydrogens is 545 g/mol. The fraction of sp³-hybridized carbons (Fsp3) is 0.269. The van der Waals surface area contributed by atoms with Crippen LogP contribution in [0.2, 0.25) is 0 Å². The molecule has 3 heterocycles. The number of benzene rings is 1. The summed E-state index contributed by atoms with van der Waals surface area (Å²) in [6.45, 7) is 6.32. The van der Waals surface area contributed by atoms with Crippen LogP contribution in [0.5, 0.6) is 0 Å². The van der Waals surface area contributed by atoms with Gasteiger partial charge in [0.05, 0.1) is 25.5 Å². The summed E-state index contributed by atoms with van der Waals surface area (Å²) in [7, 11) is 2.50. The first-order chi connectivity index (χ1) is 18.3. The van der Waals surface area contributed by atoms with Gasteiger partial charge in [0, 0.05) is 27.9 Å². The van der Waals surface area contributed by atoms with Crippen LogP contribution < -0.4 is 5.32 Å². The summed E-state index contributed by atoms with van der Waals surface area (Å²) in [6, 6.07) is 10.2. The zero-order chi connectivity index (χ0) is 27.4. The van der Waals surface area contributed by atoms with Crippen molar-refractivity contribution in [3.8, 4) is 22.5 Å².